The molecule has 0 amide bonds. The molecule has 20 heavy (non-hydrogen) atoms. The van der Waals surface area contributed by atoms with Crippen LogP contribution in [0.15, 0.2) is 54.6 Å². The van der Waals surface area contributed by atoms with Crippen LogP contribution < -0.4 is 0 Å². The van der Waals surface area contributed by atoms with E-state index in [4.69, 9.17) is 0 Å². The molecule has 0 atom stereocenters. The summed E-state index contributed by atoms with van der Waals surface area (Å²) in [7, 11) is 0. The first-order chi connectivity index (χ1) is 9.25. The molecule has 4 rings (SSSR count). The van der Waals surface area contributed by atoms with Crippen LogP contribution in [-0.4, -0.2) is 11.1 Å². The SMILES string of the molecule is Cl.O=C(O)c1ccc2ccc3cccc4ccc1c2c34. The summed E-state index contributed by atoms with van der Waals surface area (Å²) in [6.07, 6.45) is 0. The highest BCUT2D eigenvalue weighted by molar-refractivity contribution is 6.25. The number of carboxylic acid groups (broad SMARTS) is 1. The second kappa shape index (κ2) is 4.36. The van der Waals surface area contributed by atoms with E-state index in [1.54, 1.807) is 6.07 Å². The van der Waals surface area contributed by atoms with Crippen LogP contribution in [0.3, 0.4) is 0 Å². The zero-order valence-corrected chi connectivity index (χ0v) is 11.3. The number of carbonyl (C=O) groups is 1. The molecule has 0 saturated heterocycles. The van der Waals surface area contributed by atoms with Crippen LogP contribution in [0.25, 0.3) is 32.3 Å². The molecule has 0 aliphatic heterocycles. The van der Waals surface area contributed by atoms with Crippen LogP contribution in [0.4, 0.5) is 0 Å². The van der Waals surface area contributed by atoms with E-state index < -0.39 is 5.97 Å². The van der Waals surface area contributed by atoms with Gasteiger partial charge in [0.2, 0.25) is 0 Å². The molecule has 0 aliphatic rings. The fraction of sp³-hybridized carbons (Fsp3) is 0. The summed E-state index contributed by atoms with van der Waals surface area (Å²) in [6.45, 7) is 0. The smallest absolute Gasteiger partial charge is 0.336 e. The Hall–Kier alpha value is -2.32. The molecular weight excluding hydrogens is 272 g/mol. The van der Waals surface area contributed by atoms with Crippen molar-refractivity contribution in [2.75, 3.05) is 0 Å². The maximum absolute atomic E-state index is 11.3. The van der Waals surface area contributed by atoms with Crippen LogP contribution in [0, 0.1) is 0 Å². The third-order valence-electron chi connectivity index (χ3n) is 3.76. The molecule has 3 heteroatoms. The third-order valence-corrected chi connectivity index (χ3v) is 3.76. The number of benzene rings is 4. The Morgan fingerprint density at radius 2 is 1.30 bits per heavy atom. The van der Waals surface area contributed by atoms with E-state index in [0.717, 1.165) is 32.3 Å². The maximum atomic E-state index is 11.3. The van der Waals surface area contributed by atoms with E-state index in [1.165, 1.54) is 0 Å². The Kier molecular flexibility index (Phi) is 2.77. The Morgan fingerprint density at radius 1 is 0.750 bits per heavy atom. The van der Waals surface area contributed by atoms with Gasteiger partial charge >= 0.3 is 5.97 Å². The van der Waals surface area contributed by atoms with Crippen molar-refractivity contribution >= 4 is 50.7 Å². The average Bonchev–Trinajstić information content (AvgIpc) is 2.44. The molecule has 1 N–H and O–H groups in total. The lowest BCUT2D eigenvalue weighted by atomic mass is 9.92. The minimum atomic E-state index is -0.877. The lowest BCUT2D eigenvalue weighted by Gasteiger charge is -2.11. The highest BCUT2D eigenvalue weighted by Crippen LogP contribution is 2.35. The minimum Gasteiger partial charge on any atom is -0.478 e. The molecule has 0 aromatic heterocycles. The first-order valence-electron chi connectivity index (χ1n) is 6.15. The van der Waals surface area contributed by atoms with E-state index in [-0.39, 0.29) is 12.4 Å². The lowest BCUT2D eigenvalue weighted by Crippen LogP contribution is -1.98. The Labute approximate surface area is 121 Å². The summed E-state index contributed by atoms with van der Waals surface area (Å²) in [5.41, 5.74) is 0.366. The predicted molar refractivity (Wildman–Crippen MR) is 84.4 cm³/mol. The van der Waals surface area contributed by atoms with Gasteiger partial charge in [0.05, 0.1) is 5.56 Å². The third kappa shape index (κ3) is 1.55. The van der Waals surface area contributed by atoms with Crippen molar-refractivity contribution in [3.8, 4) is 0 Å². The van der Waals surface area contributed by atoms with E-state index in [9.17, 15) is 9.90 Å². The van der Waals surface area contributed by atoms with Crippen LogP contribution in [0.5, 0.6) is 0 Å². The zero-order valence-electron chi connectivity index (χ0n) is 10.5. The summed E-state index contributed by atoms with van der Waals surface area (Å²) < 4.78 is 0. The summed E-state index contributed by atoms with van der Waals surface area (Å²) in [6, 6.07) is 17.8. The molecule has 98 valence electrons. The van der Waals surface area contributed by atoms with Crippen molar-refractivity contribution < 1.29 is 9.90 Å². The first-order valence-corrected chi connectivity index (χ1v) is 6.15. The van der Waals surface area contributed by atoms with Gasteiger partial charge in [-0.1, -0.05) is 48.5 Å². The number of hydrogen-bond donors (Lipinski definition) is 1. The summed E-state index contributed by atoms with van der Waals surface area (Å²) in [4.78, 5) is 11.3. The molecule has 0 aliphatic carbocycles. The molecule has 0 heterocycles. The summed E-state index contributed by atoms with van der Waals surface area (Å²) in [5.74, 6) is -0.877. The molecule has 2 nitrogen and oxygen atoms in total. The quantitative estimate of drug-likeness (QED) is 0.514. The average molecular weight is 283 g/mol. The summed E-state index contributed by atoms with van der Waals surface area (Å²) in [5, 5.41) is 15.7. The standard InChI is InChI=1S/C17H10O2.ClH/c18-17(19)14-9-7-12-5-4-10-2-1-3-11-6-8-13(14)16(12)15(10)11;/h1-9H,(H,18,19);1H. The van der Waals surface area contributed by atoms with Crippen LogP contribution in [0.1, 0.15) is 10.4 Å². The molecule has 0 unspecified atom stereocenters. The van der Waals surface area contributed by atoms with Gasteiger partial charge in [0.25, 0.3) is 0 Å². The summed E-state index contributed by atoms with van der Waals surface area (Å²) >= 11 is 0. The number of halogens is 1. The van der Waals surface area contributed by atoms with Gasteiger partial charge in [-0.15, -0.1) is 12.4 Å². The molecule has 0 saturated carbocycles. The maximum Gasteiger partial charge on any atom is 0.336 e. The van der Waals surface area contributed by atoms with Gasteiger partial charge in [0, 0.05) is 0 Å². The number of hydrogen-bond acceptors (Lipinski definition) is 1. The second-order valence-electron chi connectivity index (χ2n) is 4.77. The van der Waals surface area contributed by atoms with Gasteiger partial charge in [-0.25, -0.2) is 4.79 Å². The highest BCUT2D eigenvalue weighted by Gasteiger charge is 2.13. The molecule has 0 bridgehead atoms. The van der Waals surface area contributed by atoms with Gasteiger partial charge in [-0.2, -0.15) is 0 Å². The van der Waals surface area contributed by atoms with Crippen molar-refractivity contribution in [2.45, 2.75) is 0 Å². The molecule has 0 spiro atoms. The van der Waals surface area contributed by atoms with Crippen molar-refractivity contribution in [1.29, 1.82) is 0 Å². The van der Waals surface area contributed by atoms with Gasteiger partial charge in [0.1, 0.15) is 0 Å². The molecule has 0 radical (unpaired) electrons. The van der Waals surface area contributed by atoms with Crippen molar-refractivity contribution in [3.63, 3.8) is 0 Å². The zero-order chi connectivity index (χ0) is 13.0. The van der Waals surface area contributed by atoms with Crippen molar-refractivity contribution in [3.05, 3.63) is 60.2 Å². The normalized spacial score (nSPS) is 11.0. The van der Waals surface area contributed by atoms with E-state index >= 15 is 0 Å². The van der Waals surface area contributed by atoms with Crippen LogP contribution >= 0.6 is 12.4 Å². The molecule has 4 aromatic carbocycles. The fourth-order valence-corrected chi connectivity index (χ4v) is 2.92. The van der Waals surface area contributed by atoms with Crippen molar-refractivity contribution in [1.82, 2.24) is 0 Å². The van der Waals surface area contributed by atoms with Gasteiger partial charge in [-0.3, -0.25) is 0 Å². The topological polar surface area (TPSA) is 37.3 Å². The fourth-order valence-electron chi connectivity index (χ4n) is 2.92. The van der Waals surface area contributed by atoms with Crippen LogP contribution in [-0.2, 0) is 0 Å². The molecular formula is C17H11ClO2. The van der Waals surface area contributed by atoms with Crippen molar-refractivity contribution in [2.24, 2.45) is 0 Å². The van der Waals surface area contributed by atoms with Crippen LogP contribution in [0.2, 0.25) is 0 Å². The number of carboxylic acids is 1. The molecule has 4 aromatic rings. The lowest BCUT2D eigenvalue weighted by molar-refractivity contribution is 0.0699. The minimum absolute atomic E-state index is 0. The van der Waals surface area contributed by atoms with E-state index in [0.29, 0.717) is 5.56 Å². The number of aromatic carboxylic acids is 1. The highest BCUT2D eigenvalue weighted by atomic mass is 35.5. The van der Waals surface area contributed by atoms with Gasteiger partial charge in [0.15, 0.2) is 0 Å². The molecule has 0 fully saturated rings. The van der Waals surface area contributed by atoms with Gasteiger partial charge in [-0.05, 0) is 38.4 Å². The van der Waals surface area contributed by atoms with Gasteiger partial charge < -0.3 is 5.11 Å². The monoisotopic (exact) mass is 282 g/mol. The Morgan fingerprint density at radius 3 is 1.95 bits per heavy atom. The largest absolute Gasteiger partial charge is 0.478 e. The number of rotatable bonds is 1. The Balaban J connectivity index is 0.00000121. The first kappa shape index (κ1) is 12.7. The van der Waals surface area contributed by atoms with E-state index in [1.807, 2.05) is 24.3 Å². The predicted octanol–water partition coefficient (Wildman–Crippen LogP) is 4.70. The Bertz CT molecular complexity index is 928. The second-order valence-corrected chi connectivity index (χ2v) is 4.77. The van der Waals surface area contributed by atoms with E-state index in [2.05, 4.69) is 24.3 Å².